The van der Waals surface area contributed by atoms with Crippen LogP contribution in [0.15, 0.2) is 0 Å². The standard InChI is InChI=1S/C15H31N3O/c1-5-15(6-2,11-16)14(19)17-12-8-7-9-13(10-12)18(3)4/h12-13H,5-11,16H2,1-4H3,(H,17,19). The molecule has 1 rings (SSSR count). The van der Waals surface area contributed by atoms with Gasteiger partial charge < -0.3 is 16.0 Å². The molecular formula is C15H31N3O. The first-order valence-electron chi connectivity index (χ1n) is 7.66. The van der Waals surface area contributed by atoms with E-state index in [2.05, 4.69) is 38.2 Å². The summed E-state index contributed by atoms with van der Waals surface area (Å²) in [6.07, 6.45) is 6.23. The molecule has 1 fully saturated rings. The van der Waals surface area contributed by atoms with Gasteiger partial charge in [0.15, 0.2) is 0 Å². The number of nitrogens with zero attached hydrogens (tertiary/aromatic N) is 1. The van der Waals surface area contributed by atoms with Gasteiger partial charge >= 0.3 is 0 Å². The van der Waals surface area contributed by atoms with E-state index in [1.165, 1.54) is 12.8 Å². The van der Waals surface area contributed by atoms with Crippen molar-refractivity contribution in [1.29, 1.82) is 0 Å². The molecule has 4 nitrogen and oxygen atoms in total. The van der Waals surface area contributed by atoms with Gasteiger partial charge in [-0.15, -0.1) is 0 Å². The van der Waals surface area contributed by atoms with Crippen molar-refractivity contribution in [3.8, 4) is 0 Å². The fraction of sp³-hybridized carbons (Fsp3) is 0.933. The number of carbonyl (C=O) groups is 1. The summed E-state index contributed by atoms with van der Waals surface area (Å²) < 4.78 is 0. The van der Waals surface area contributed by atoms with E-state index < -0.39 is 0 Å². The Bertz CT molecular complexity index is 279. The average Bonchev–Trinajstić information content (AvgIpc) is 2.41. The zero-order chi connectivity index (χ0) is 14.5. The first-order chi connectivity index (χ1) is 8.99. The zero-order valence-electron chi connectivity index (χ0n) is 13.0. The summed E-state index contributed by atoms with van der Waals surface area (Å²) in [7, 11) is 4.24. The molecule has 1 amide bonds. The number of nitrogens with one attached hydrogen (secondary N) is 1. The molecule has 0 saturated heterocycles. The SMILES string of the molecule is CCC(CC)(CN)C(=O)NC1CCCC(N(C)C)C1. The maximum atomic E-state index is 12.5. The molecule has 3 N–H and O–H groups in total. The van der Waals surface area contributed by atoms with Crippen molar-refractivity contribution in [2.45, 2.75) is 64.5 Å². The zero-order valence-corrected chi connectivity index (χ0v) is 13.0. The summed E-state index contributed by atoms with van der Waals surface area (Å²) in [6, 6.07) is 0.909. The number of hydrogen-bond acceptors (Lipinski definition) is 3. The molecule has 1 aliphatic rings. The first kappa shape index (κ1) is 16.4. The van der Waals surface area contributed by atoms with Gasteiger partial charge in [-0.3, -0.25) is 4.79 Å². The molecule has 0 spiro atoms. The maximum Gasteiger partial charge on any atom is 0.227 e. The quantitative estimate of drug-likeness (QED) is 0.772. The molecule has 19 heavy (non-hydrogen) atoms. The van der Waals surface area contributed by atoms with Gasteiger partial charge in [0.1, 0.15) is 0 Å². The van der Waals surface area contributed by atoms with E-state index in [-0.39, 0.29) is 11.3 Å². The molecule has 0 aromatic heterocycles. The topological polar surface area (TPSA) is 58.4 Å². The molecule has 0 heterocycles. The van der Waals surface area contributed by atoms with E-state index in [0.29, 0.717) is 18.6 Å². The molecular weight excluding hydrogens is 238 g/mol. The van der Waals surface area contributed by atoms with Crippen LogP contribution in [0.25, 0.3) is 0 Å². The van der Waals surface area contributed by atoms with E-state index in [1.54, 1.807) is 0 Å². The molecule has 0 aromatic carbocycles. The molecule has 112 valence electrons. The van der Waals surface area contributed by atoms with E-state index in [0.717, 1.165) is 25.7 Å². The molecule has 0 aliphatic heterocycles. The van der Waals surface area contributed by atoms with Crippen LogP contribution >= 0.6 is 0 Å². The highest BCUT2D eigenvalue weighted by Gasteiger charge is 2.35. The number of amides is 1. The van der Waals surface area contributed by atoms with Crippen LogP contribution in [-0.4, -0.2) is 43.5 Å². The van der Waals surface area contributed by atoms with Crippen molar-refractivity contribution in [3.63, 3.8) is 0 Å². The van der Waals surface area contributed by atoms with E-state index >= 15 is 0 Å². The predicted molar refractivity (Wildman–Crippen MR) is 79.9 cm³/mol. The summed E-state index contributed by atoms with van der Waals surface area (Å²) in [5.41, 5.74) is 5.47. The fourth-order valence-corrected chi connectivity index (χ4v) is 3.06. The fourth-order valence-electron chi connectivity index (χ4n) is 3.06. The van der Waals surface area contributed by atoms with Crippen molar-refractivity contribution in [3.05, 3.63) is 0 Å². The van der Waals surface area contributed by atoms with Crippen molar-refractivity contribution < 1.29 is 4.79 Å². The van der Waals surface area contributed by atoms with Crippen LogP contribution in [-0.2, 0) is 4.79 Å². The lowest BCUT2D eigenvalue weighted by Gasteiger charge is -2.36. The smallest absolute Gasteiger partial charge is 0.227 e. The molecule has 4 heteroatoms. The third kappa shape index (κ3) is 3.93. The normalized spacial score (nSPS) is 24.5. The Morgan fingerprint density at radius 3 is 2.42 bits per heavy atom. The van der Waals surface area contributed by atoms with Crippen molar-refractivity contribution in [2.24, 2.45) is 11.1 Å². The number of rotatable bonds is 6. The highest BCUT2D eigenvalue weighted by molar-refractivity contribution is 5.83. The summed E-state index contributed by atoms with van der Waals surface area (Å²) in [4.78, 5) is 14.8. The molecule has 1 aliphatic carbocycles. The van der Waals surface area contributed by atoms with Crippen LogP contribution in [0.1, 0.15) is 52.4 Å². The minimum absolute atomic E-state index is 0.157. The Morgan fingerprint density at radius 2 is 1.95 bits per heavy atom. The first-order valence-corrected chi connectivity index (χ1v) is 7.66. The highest BCUT2D eigenvalue weighted by atomic mass is 16.2. The van der Waals surface area contributed by atoms with Gasteiger partial charge in [-0.25, -0.2) is 0 Å². The van der Waals surface area contributed by atoms with Crippen LogP contribution in [0.4, 0.5) is 0 Å². The van der Waals surface area contributed by atoms with Crippen molar-refractivity contribution in [2.75, 3.05) is 20.6 Å². The van der Waals surface area contributed by atoms with Crippen LogP contribution in [0, 0.1) is 5.41 Å². The minimum atomic E-state index is -0.370. The van der Waals surface area contributed by atoms with E-state index in [1.807, 2.05) is 0 Å². The molecule has 0 aromatic rings. The van der Waals surface area contributed by atoms with Crippen molar-refractivity contribution >= 4 is 5.91 Å². The minimum Gasteiger partial charge on any atom is -0.353 e. The Balaban J connectivity index is 2.60. The van der Waals surface area contributed by atoms with E-state index in [9.17, 15) is 4.79 Å². The van der Waals surface area contributed by atoms with Crippen LogP contribution in [0.3, 0.4) is 0 Å². The second-order valence-electron chi connectivity index (χ2n) is 6.15. The van der Waals surface area contributed by atoms with Gasteiger partial charge in [0.05, 0.1) is 5.41 Å². The molecule has 2 atom stereocenters. The molecule has 1 saturated carbocycles. The Kier molecular flexibility index (Phi) is 6.27. The van der Waals surface area contributed by atoms with Crippen LogP contribution < -0.4 is 11.1 Å². The predicted octanol–water partition coefficient (Wildman–Crippen LogP) is 1.74. The van der Waals surface area contributed by atoms with Crippen LogP contribution in [0.2, 0.25) is 0 Å². The van der Waals surface area contributed by atoms with Gasteiger partial charge in [0, 0.05) is 18.6 Å². The van der Waals surface area contributed by atoms with Gasteiger partial charge in [-0.2, -0.15) is 0 Å². The monoisotopic (exact) mass is 269 g/mol. The average molecular weight is 269 g/mol. The van der Waals surface area contributed by atoms with Gasteiger partial charge in [-0.05, 0) is 52.6 Å². The second-order valence-corrected chi connectivity index (χ2v) is 6.15. The Hall–Kier alpha value is -0.610. The van der Waals surface area contributed by atoms with Gasteiger partial charge in [0.2, 0.25) is 5.91 Å². The van der Waals surface area contributed by atoms with Crippen molar-refractivity contribution in [1.82, 2.24) is 10.2 Å². The summed E-state index contributed by atoms with van der Waals surface area (Å²) in [6.45, 7) is 4.55. The third-order valence-corrected chi connectivity index (χ3v) is 4.94. The highest BCUT2D eigenvalue weighted by Crippen LogP contribution is 2.27. The largest absolute Gasteiger partial charge is 0.353 e. The lowest BCUT2D eigenvalue weighted by Crippen LogP contribution is -2.51. The van der Waals surface area contributed by atoms with Gasteiger partial charge in [-0.1, -0.05) is 13.8 Å². The number of nitrogens with two attached hydrogens (primary N) is 1. The third-order valence-electron chi connectivity index (χ3n) is 4.94. The lowest BCUT2D eigenvalue weighted by molar-refractivity contribution is -0.132. The summed E-state index contributed by atoms with van der Waals surface area (Å²) >= 11 is 0. The number of hydrogen-bond donors (Lipinski definition) is 2. The summed E-state index contributed by atoms with van der Waals surface area (Å²) in [5.74, 6) is 0.157. The second kappa shape index (κ2) is 7.25. The Morgan fingerprint density at radius 1 is 1.32 bits per heavy atom. The van der Waals surface area contributed by atoms with E-state index in [4.69, 9.17) is 5.73 Å². The van der Waals surface area contributed by atoms with Gasteiger partial charge in [0.25, 0.3) is 0 Å². The molecule has 2 unspecified atom stereocenters. The van der Waals surface area contributed by atoms with Crippen LogP contribution in [0.5, 0.6) is 0 Å². The maximum absolute atomic E-state index is 12.5. The lowest BCUT2D eigenvalue weighted by atomic mass is 9.80. The Labute approximate surface area is 118 Å². The summed E-state index contributed by atoms with van der Waals surface area (Å²) in [5, 5.41) is 3.25. The molecule has 0 bridgehead atoms. The molecule has 0 radical (unpaired) electrons. The number of carbonyl (C=O) groups excluding carboxylic acids is 1.